The Bertz CT molecular complexity index is 717. The second-order valence-corrected chi connectivity index (χ2v) is 5.68. The van der Waals surface area contributed by atoms with Crippen LogP contribution in [0, 0.1) is 5.92 Å². The Balaban J connectivity index is 1.93. The highest BCUT2D eigenvalue weighted by Gasteiger charge is 2.24. The van der Waals surface area contributed by atoms with Gasteiger partial charge >= 0.3 is 11.9 Å². The monoisotopic (exact) mass is 324 g/mol. The fourth-order valence-electron chi connectivity index (χ4n) is 2.60. The summed E-state index contributed by atoms with van der Waals surface area (Å²) in [7, 11) is 0. The second-order valence-electron chi connectivity index (χ2n) is 5.68. The molecule has 0 radical (unpaired) electrons. The Kier molecular flexibility index (Phi) is 5.90. The molecule has 0 fully saturated rings. The van der Waals surface area contributed by atoms with E-state index in [1.165, 1.54) is 0 Å². The van der Waals surface area contributed by atoms with Gasteiger partial charge in [0.05, 0.1) is 5.92 Å². The third kappa shape index (κ3) is 4.56. The summed E-state index contributed by atoms with van der Waals surface area (Å²) in [6.07, 6.45) is 1.56. The number of rotatable bonds is 8. The summed E-state index contributed by atoms with van der Waals surface area (Å²) in [5.41, 5.74) is 3.11. The van der Waals surface area contributed by atoms with Crippen LogP contribution in [-0.4, -0.2) is 22.2 Å². The predicted octanol–water partition coefficient (Wildman–Crippen LogP) is 4.02. The lowest BCUT2D eigenvalue weighted by atomic mass is 9.93. The fraction of sp³-hybridized carbons (Fsp3) is 0.200. The van der Waals surface area contributed by atoms with Crippen molar-refractivity contribution in [1.82, 2.24) is 0 Å². The van der Waals surface area contributed by atoms with Gasteiger partial charge in [-0.1, -0.05) is 61.2 Å². The summed E-state index contributed by atoms with van der Waals surface area (Å²) in [6.45, 7) is 3.37. The molecule has 0 bridgehead atoms. The molecule has 0 aromatic heterocycles. The lowest BCUT2D eigenvalue weighted by Gasteiger charge is -2.12. The second kappa shape index (κ2) is 8.11. The van der Waals surface area contributed by atoms with Crippen LogP contribution in [0.1, 0.15) is 18.4 Å². The van der Waals surface area contributed by atoms with E-state index in [4.69, 9.17) is 10.2 Å². The SMILES string of the molecule is C=C(C(=O)O)C(CCCc1ccc(-c2ccccc2)cc1)C(=O)O. The fourth-order valence-corrected chi connectivity index (χ4v) is 2.60. The molecule has 4 heteroatoms. The molecule has 0 amide bonds. The summed E-state index contributed by atoms with van der Waals surface area (Å²) in [4.78, 5) is 22.1. The van der Waals surface area contributed by atoms with Gasteiger partial charge in [-0.2, -0.15) is 0 Å². The Morgan fingerprint density at radius 3 is 2.04 bits per heavy atom. The number of carboxylic acids is 2. The molecule has 0 aliphatic carbocycles. The number of aryl methyl sites for hydroxylation is 1. The number of hydrogen-bond donors (Lipinski definition) is 2. The van der Waals surface area contributed by atoms with Crippen LogP contribution in [-0.2, 0) is 16.0 Å². The molecule has 24 heavy (non-hydrogen) atoms. The number of aliphatic carboxylic acids is 2. The maximum Gasteiger partial charge on any atom is 0.331 e. The van der Waals surface area contributed by atoms with Crippen molar-refractivity contribution in [2.45, 2.75) is 19.3 Å². The molecule has 2 rings (SSSR count). The molecule has 124 valence electrons. The van der Waals surface area contributed by atoms with Gasteiger partial charge in [0, 0.05) is 5.57 Å². The van der Waals surface area contributed by atoms with Crippen LogP contribution in [0.15, 0.2) is 66.7 Å². The number of carbonyl (C=O) groups is 2. The van der Waals surface area contributed by atoms with E-state index in [1.807, 2.05) is 54.6 Å². The van der Waals surface area contributed by atoms with E-state index in [-0.39, 0.29) is 12.0 Å². The van der Waals surface area contributed by atoms with Crippen LogP contribution < -0.4 is 0 Å². The highest BCUT2D eigenvalue weighted by atomic mass is 16.4. The quantitative estimate of drug-likeness (QED) is 0.719. The van der Waals surface area contributed by atoms with Gasteiger partial charge in [0.1, 0.15) is 0 Å². The van der Waals surface area contributed by atoms with Gasteiger partial charge in [0.2, 0.25) is 0 Å². The largest absolute Gasteiger partial charge is 0.481 e. The normalized spacial score (nSPS) is 11.7. The summed E-state index contributed by atoms with van der Waals surface area (Å²) >= 11 is 0. The summed E-state index contributed by atoms with van der Waals surface area (Å²) < 4.78 is 0. The standard InChI is InChI=1S/C20H20O4/c1-14(19(21)22)18(20(23)24)9-5-6-15-10-12-17(13-11-15)16-7-3-2-4-8-16/h2-4,7-8,10-13,18H,1,5-6,9H2,(H,21,22)(H,23,24). The van der Waals surface area contributed by atoms with Gasteiger partial charge in [-0.15, -0.1) is 0 Å². The van der Waals surface area contributed by atoms with E-state index in [2.05, 4.69) is 6.58 Å². The van der Waals surface area contributed by atoms with Crippen molar-refractivity contribution in [1.29, 1.82) is 0 Å². The molecule has 0 heterocycles. The highest BCUT2D eigenvalue weighted by Crippen LogP contribution is 2.21. The molecule has 2 N–H and O–H groups in total. The smallest absolute Gasteiger partial charge is 0.331 e. The molecule has 1 atom stereocenters. The molecule has 0 saturated heterocycles. The van der Waals surface area contributed by atoms with Gasteiger partial charge in [0.15, 0.2) is 0 Å². The van der Waals surface area contributed by atoms with E-state index in [9.17, 15) is 9.59 Å². The molecule has 2 aromatic carbocycles. The van der Waals surface area contributed by atoms with Crippen LogP contribution in [0.3, 0.4) is 0 Å². The predicted molar refractivity (Wildman–Crippen MR) is 92.7 cm³/mol. The summed E-state index contributed by atoms with van der Waals surface area (Å²) in [5.74, 6) is -3.43. The van der Waals surface area contributed by atoms with E-state index < -0.39 is 17.9 Å². The van der Waals surface area contributed by atoms with Crippen LogP contribution in [0.5, 0.6) is 0 Å². The van der Waals surface area contributed by atoms with Crippen LogP contribution in [0.25, 0.3) is 11.1 Å². The Hall–Kier alpha value is -2.88. The van der Waals surface area contributed by atoms with Gasteiger partial charge in [-0.25, -0.2) is 4.79 Å². The minimum absolute atomic E-state index is 0.262. The minimum Gasteiger partial charge on any atom is -0.481 e. The van der Waals surface area contributed by atoms with Crippen molar-refractivity contribution >= 4 is 11.9 Å². The summed E-state index contributed by atoms with van der Waals surface area (Å²) in [5, 5.41) is 18.0. The minimum atomic E-state index is -1.25. The number of benzene rings is 2. The summed E-state index contributed by atoms with van der Waals surface area (Å²) in [6, 6.07) is 18.2. The Labute approximate surface area is 141 Å². The van der Waals surface area contributed by atoms with Crippen molar-refractivity contribution in [3.8, 4) is 11.1 Å². The Morgan fingerprint density at radius 2 is 1.50 bits per heavy atom. The first-order valence-corrected chi connectivity index (χ1v) is 7.78. The van der Waals surface area contributed by atoms with Crippen molar-refractivity contribution in [3.63, 3.8) is 0 Å². The van der Waals surface area contributed by atoms with E-state index >= 15 is 0 Å². The van der Waals surface area contributed by atoms with Gasteiger partial charge < -0.3 is 10.2 Å². The van der Waals surface area contributed by atoms with Crippen LogP contribution in [0.2, 0.25) is 0 Å². The highest BCUT2D eigenvalue weighted by molar-refractivity contribution is 5.93. The maximum absolute atomic E-state index is 11.2. The Morgan fingerprint density at radius 1 is 0.917 bits per heavy atom. The average molecular weight is 324 g/mol. The lowest BCUT2D eigenvalue weighted by molar-refractivity contribution is -0.144. The number of carboxylic acid groups (broad SMARTS) is 2. The van der Waals surface area contributed by atoms with Gasteiger partial charge in [0.25, 0.3) is 0 Å². The van der Waals surface area contributed by atoms with E-state index in [1.54, 1.807) is 0 Å². The molecule has 1 unspecified atom stereocenters. The first-order chi connectivity index (χ1) is 11.5. The van der Waals surface area contributed by atoms with Crippen molar-refractivity contribution in [2.75, 3.05) is 0 Å². The third-order valence-electron chi connectivity index (χ3n) is 4.01. The zero-order valence-electron chi connectivity index (χ0n) is 13.3. The molecule has 0 aliphatic heterocycles. The molecule has 4 nitrogen and oxygen atoms in total. The zero-order valence-corrected chi connectivity index (χ0v) is 13.3. The van der Waals surface area contributed by atoms with E-state index in [0.29, 0.717) is 12.8 Å². The molecular formula is C20H20O4. The zero-order chi connectivity index (χ0) is 17.5. The molecule has 2 aromatic rings. The third-order valence-corrected chi connectivity index (χ3v) is 4.01. The molecular weight excluding hydrogens is 304 g/mol. The maximum atomic E-state index is 11.2. The first-order valence-electron chi connectivity index (χ1n) is 7.78. The van der Waals surface area contributed by atoms with E-state index in [0.717, 1.165) is 16.7 Å². The van der Waals surface area contributed by atoms with Crippen molar-refractivity contribution < 1.29 is 19.8 Å². The van der Waals surface area contributed by atoms with Crippen molar-refractivity contribution in [2.24, 2.45) is 5.92 Å². The first kappa shape index (κ1) is 17.5. The molecule has 0 saturated carbocycles. The molecule has 0 aliphatic rings. The van der Waals surface area contributed by atoms with Crippen LogP contribution in [0.4, 0.5) is 0 Å². The van der Waals surface area contributed by atoms with Gasteiger partial charge in [-0.3, -0.25) is 4.79 Å². The van der Waals surface area contributed by atoms with Crippen molar-refractivity contribution in [3.05, 3.63) is 72.3 Å². The topological polar surface area (TPSA) is 74.6 Å². The number of hydrogen-bond acceptors (Lipinski definition) is 2. The molecule has 0 spiro atoms. The lowest BCUT2D eigenvalue weighted by Crippen LogP contribution is -2.20. The van der Waals surface area contributed by atoms with Crippen LogP contribution >= 0.6 is 0 Å². The average Bonchev–Trinajstić information content (AvgIpc) is 2.59. The van der Waals surface area contributed by atoms with Gasteiger partial charge in [-0.05, 0) is 36.0 Å².